The monoisotopic (exact) mass is 364 g/mol. The summed E-state index contributed by atoms with van der Waals surface area (Å²) in [5.74, 6) is 0.849. The van der Waals surface area contributed by atoms with E-state index in [0.29, 0.717) is 11.8 Å². The lowest BCUT2D eigenvalue weighted by Crippen LogP contribution is -2.18. The molecule has 0 saturated heterocycles. The molecule has 0 amide bonds. The lowest BCUT2D eigenvalue weighted by atomic mass is 10.1. The summed E-state index contributed by atoms with van der Waals surface area (Å²) in [5, 5.41) is 3.35. The van der Waals surface area contributed by atoms with E-state index in [2.05, 4.69) is 113 Å². The van der Waals surface area contributed by atoms with Gasteiger partial charge in [-0.05, 0) is 55.0 Å². The van der Waals surface area contributed by atoms with Crippen molar-refractivity contribution in [2.75, 3.05) is 12.4 Å². The highest BCUT2D eigenvalue weighted by Crippen LogP contribution is 2.18. The highest BCUT2D eigenvalue weighted by atomic mass is 15.1. The number of hydrogen-bond acceptors (Lipinski definition) is 2. The summed E-state index contributed by atoms with van der Waals surface area (Å²) < 4.78 is 0. The largest absolute Gasteiger partial charge is 0.359 e. The SMILES string of the molecule is C=C(Nc1ccc(C/C=C/C=C(\C=C/C)N(C)C(=C)C(C)C)cc1)C(C)C. The van der Waals surface area contributed by atoms with Gasteiger partial charge in [-0.25, -0.2) is 0 Å². The second-order valence-electron chi connectivity index (χ2n) is 7.43. The van der Waals surface area contributed by atoms with Crippen molar-refractivity contribution < 1.29 is 0 Å². The first-order valence-electron chi connectivity index (χ1n) is 9.73. The molecule has 0 atom stereocenters. The molecule has 0 fully saturated rings. The maximum atomic E-state index is 4.19. The molecular weight excluding hydrogens is 328 g/mol. The first-order valence-corrected chi connectivity index (χ1v) is 9.73. The van der Waals surface area contributed by atoms with Gasteiger partial charge < -0.3 is 10.2 Å². The average molecular weight is 365 g/mol. The number of likely N-dealkylation sites (N-methyl/N-ethyl adjacent to an activating group) is 1. The maximum absolute atomic E-state index is 4.19. The van der Waals surface area contributed by atoms with Crippen LogP contribution in [0.3, 0.4) is 0 Å². The van der Waals surface area contributed by atoms with Crippen LogP contribution in [-0.4, -0.2) is 11.9 Å². The summed E-state index contributed by atoms with van der Waals surface area (Å²) in [7, 11) is 2.07. The standard InChI is InChI=1S/C25H36N2/c1-9-12-25(27(8)22(7)20(4)5)14-11-10-13-23-15-17-24(18-16-23)26-21(6)19(2)3/h9-12,14-20,26H,6-7,13H2,1-5,8H3/b11-10+,12-9-,25-14+. The van der Waals surface area contributed by atoms with Gasteiger partial charge in [-0.1, -0.05) is 71.2 Å². The Hall–Kier alpha value is -2.48. The Labute approximate surface area is 166 Å². The molecular formula is C25H36N2. The number of benzene rings is 1. The molecule has 0 aromatic heterocycles. The van der Waals surface area contributed by atoms with Gasteiger partial charge in [0.15, 0.2) is 0 Å². The Kier molecular flexibility index (Phi) is 9.42. The quantitative estimate of drug-likeness (QED) is 0.453. The van der Waals surface area contributed by atoms with Gasteiger partial charge in [-0.3, -0.25) is 0 Å². The Morgan fingerprint density at radius 1 is 1.07 bits per heavy atom. The van der Waals surface area contributed by atoms with Gasteiger partial charge in [0, 0.05) is 29.8 Å². The van der Waals surface area contributed by atoms with Crippen molar-refractivity contribution in [2.45, 2.75) is 41.0 Å². The van der Waals surface area contributed by atoms with Crippen molar-refractivity contribution in [3.8, 4) is 0 Å². The van der Waals surface area contributed by atoms with Crippen LogP contribution in [0.25, 0.3) is 0 Å². The molecule has 0 aliphatic carbocycles. The zero-order chi connectivity index (χ0) is 20.4. The predicted octanol–water partition coefficient (Wildman–Crippen LogP) is 6.93. The summed E-state index contributed by atoms with van der Waals surface area (Å²) in [6.45, 7) is 18.9. The molecule has 0 heterocycles. The minimum absolute atomic E-state index is 0.423. The zero-order valence-corrected chi connectivity index (χ0v) is 17.9. The molecule has 0 aliphatic rings. The fraction of sp³-hybridized carbons (Fsp3) is 0.360. The van der Waals surface area contributed by atoms with Crippen LogP contribution in [0.15, 0.2) is 84.9 Å². The molecule has 27 heavy (non-hydrogen) atoms. The maximum Gasteiger partial charge on any atom is 0.0402 e. The van der Waals surface area contributed by atoms with E-state index in [1.807, 2.05) is 6.92 Å². The Morgan fingerprint density at radius 3 is 2.22 bits per heavy atom. The molecule has 146 valence electrons. The van der Waals surface area contributed by atoms with Crippen molar-refractivity contribution in [1.29, 1.82) is 0 Å². The van der Waals surface area contributed by atoms with Crippen LogP contribution in [0.5, 0.6) is 0 Å². The zero-order valence-electron chi connectivity index (χ0n) is 17.9. The predicted molar refractivity (Wildman–Crippen MR) is 122 cm³/mol. The van der Waals surface area contributed by atoms with E-state index < -0.39 is 0 Å². The molecule has 2 nitrogen and oxygen atoms in total. The third-order valence-electron chi connectivity index (χ3n) is 4.53. The summed E-state index contributed by atoms with van der Waals surface area (Å²) in [6.07, 6.45) is 11.5. The second-order valence-corrected chi connectivity index (χ2v) is 7.43. The van der Waals surface area contributed by atoms with Crippen molar-refractivity contribution in [3.05, 3.63) is 90.5 Å². The van der Waals surface area contributed by atoms with Crippen molar-refractivity contribution in [1.82, 2.24) is 4.90 Å². The van der Waals surface area contributed by atoms with Gasteiger partial charge in [-0.2, -0.15) is 0 Å². The van der Waals surface area contributed by atoms with E-state index in [-0.39, 0.29) is 0 Å². The minimum atomic E-state index is 0.423. The van der Waals surface area contributed by atoms with Crippen molar-refractivity contribution in [2.24, 2.45) is 11.8 Å². The van der Waals surface area contributed by atoms with Crippen LogP contribution in [0.2, 0.25) is 0 Å². The second kappa shape index (κ2) is 11.3. The molecule has 0 radical (unpaired) electrons. The molecule has 1 rings (SSSR count). The average Bonchev–Trinajstić information content (AvgIpc) is 2.64. The fourth-order valence-corrected chi connectivity index (χ4v) is 2.43. The smallest absolute Gasteiger partial charge is 0.0402 e. The van der Waals surface area contributed by atoms with Gasteiger partial charge in [0.25, 0.3) is 0 Å². The van der Waals surface area contributed by atoms with Crippen molar-refractivity contribution >= 4 is 5.69 Å². The molecule has 0 saturated carbocycles. The van der Waals surface area contributed by atoms with Crippen molar-refractivity contribution in [3.63, 3.8) is 0 Å². The van der Waals surface area contributed by atoms with Gasteiger partial charge in [0.05, 0.1) is 0 Å². The Bertz CT molecular complexity index is 700. The first kappa shape index (κ1) is 22.6. The Balaban J connectivity index is 2.72. The molecule has 0 bridgehead atoms. The third kappa shape index (κ3) is 7.74. The first-order chi connectivity index (χ1) is 12.8. The number of nitrogens with one attached hydrogen (secondary N) is 1. The lowest BCUT2D eigenvalue weighted by molar-refractivity contribution is 0.468. The molecule has 1 aromatic carbocycles. The van der Waals surface area contributed by atoms with Gasteiger partial charge in [0.1, 0.15) is 0 Å². The van der Waals surface area contributed by atoms with E-state index in [9.17, 15) is 0 Å². The van der Waals surface area contributed by atoms with Crippen LogP contribution in [-0.2, 0) is 6.42 Å². The number of rotatable bonds is 10. The lowest BCUT2D eigenvalue weighted by Gasteiger charge is -2.25. The van der Waals surface area contributed by atoms with Crippen LogP contribution >= 0.6 is 0 Å². The van der Waals surface area contributed by atoms with Gasteiger partial charge in [-0.15, -0.1) is 0 Å². The van der Waals surface area contributed by atoms with Gasteiger partial charge in [0.2, 0.25) is 0 Å². The van der Waals surface area contributed by atoms with Crippen LogP contribution in [0.1, 0.15) is 40.2 Å². The van der Waals surface area contributed by atoms with Crippen LogP contribution in [0.4, 0.5) is 5.69 Å². The number of hydrogen-bond donors (Lipinski definition) is 1. The third-order valence-corrected chi connectivity index (χ3v) is 4.53. The molecule has 0 spiro atoms. The van der Waals surface area contributed by atoms with Crippen LogP contribution < -0.4 is 5.32 Å². The number of anilines is 1. The number of nitrogens with zero attached hydrogens (tertiary/aromatic N) is 1. The molecule has 1 aromatic rings. The topological polar surface area (TPSA) is 15.3 Å². The number of allylic oxidation sites excluding steroid dienone is 7. The van der Waals surface area contributed by atoms with Crippen LogP contribution in [0, 0.1) is 11.8 Å². The van der Waals surface area contributed by atoms with E-state index in [1.54, 1.807) is 0 Å². The van der Waals surface area contributed by atoms with Gasteiger partial charge >= 0.3 is 0 Å². The summed E-state index contributed by atoms with van der Waals surface area (Å²) in [5.41, 5.74) is 5.66. The normalized spacial score (nSPS) is 12.4. The molecule has 1 N–H and O–H groups in total. The fourth-order valence-electron chi connectivity index (χ4n) is 2.43. The molecule has 0 aliphatic heterocycles. The van der Waals surface area contributed by atoms with E-state index >= 15 is 0 Å². The summed E-state index contributed by atoms with van der Waals surface area (Å²) in [4.78, 5) is 2.15. The molecule has 2 heteroatoms. The highest BCUT2D eigenvalue weighted by Gasteiger charge is 2.08. The van der Waals surface area contributed by atoms with E-state index in [1.165, 1.54) is 5.56 Å². The van der Waals surface area contributed by atoms with E-state index in [0.717, 1.165) is 29.2 Å². The Morgan fingerprint density at radius 2 is 1.70 bits per heavy atom. The molecule has 0 unspecified atom stereocenters. The summed E-state index contributed by atoms with van der Waals surface area (Å²) >= 11 is 0. The highest BCUT2D eigenvalue weighted by molar-refractivity contribution is 5.49. The summed E-state index contributed by atoms with van der Waals surface area (Å²) in [6, 6.07) is 8.53. The minimum Gasteiger partial charge on any atom is -0.359 e. The van der Waals surface area contributed by atoms with E-state index in [4.69, 9.17) is 0 Å².